The second-order valence-corrected chi connectivity index (χ2v) is 7.49. The van der Waals surface area contributed by atoms with Crippen molar-refractivity contribution in [3.63, 3.8) is 0 Å². The number of aliphatic carboxylic acids is 1. The molecule has 0 unspecified atom stereocenters. The fourth-order valence-electron chi connectivity index (χ4n) is 4.15. The van der Waals surface area contributed by atoms with Crippen molar-refractivity contribution in [3.05, 3.63) is 30.2 Å². The van der Waals surface area contributed by atoms with Crippen LogP contribution in [0.15, 0.2) is 28.8 Å². The van der Waals surface area contributed by atoms with Crippen LogP contribution in [-0.4, -0.2) is 65.4 Å². The number of carboxylic acid groups (broad SMARTS) is 1. The molecule has 29 heavy (non-hydrogen) atoms. The lowest BCUT2D eigenvalue weighted by atomic mass is 9.76. The Kier molecular flexibility index (Phi) is 5.23. The number of likely N-dealkylation sites (tertiary alicyclic amines) is 1. The topological polar surface area (TPSA) is 115 Å². The van der Waals surface area contributed by atoms with E-state index in [9.17, 15) is 14.7 Å². The number of carbonyl (C=O) groups is 2. The Morgan fingerprint density at radius 1 is 1.38 bits per heavy atom. The zero-order valence-corrected chi connectivity index (χ0v) is 16.2. The van der Waals surface area contributed by atoms with E-state index in [4.69, 9.17) is 14.0 Å². The molecule has 0 bridgehead atoms. The number of carbonyl (C=O) groups excluding carboxylic acids is 1. The third kappa shape index (κ3) is 3.57. The van der Waals surface area contributed by atoms with Gasteiger partial charge in [0.25, 0.3) is 0 Å². The summed E-state index contributed by atoms with van der Waals surface area (Å²) in [5.41, 5.74) is -0.279. The van der Waals surface area contributed by atoms with Gasteiger partial charge in [-0.15, -0.1) is 0 Å². The number of fused-ring (bicyclic) bond motifs is 1. The number of benzene rings is 1. The van der Waals surface area contributed by atoms with Gasteiger partial charge in [0.15, 0.2) is 0 Å². The van der Waals surface area contributed by atoms with E-state index in [1.165, 1.54) is 0 Å². The monoisotopic (exact) mass is 401 g/mol. The predicted molar refractivity (Wildman–Crippen MR) is 100 cm³/mol. The lowest BCUT2D eigenvalue weighted by molar-refractivity contribution is -0.159. The summed E-state index contributed by atoms with van der Waals surface area (Å²) in [6.45, 7) is 1.32. The second kappa shape index (κ2) is 7.82. The number of carboxylic acids is 1. The van der Waals surface area contributed by atoms with Crippen LogP contribution >= 0.6 is 0 Å². The van der Waals surface area contributed by atoms with E-state index < -0.39 is 11.4 Å². The van der Waals surface area contributed by atoms with Gasteiger partial charge >= 0.3 is 5.97 Å². The van der Waals surface area contributed by atoms with Crippen molar-refractivity contribution in [1.82, 2.24) is 15.0 Å². The highest BCUT2D eigenvalue weighted by Gasteiger charge is 2.55. The summed E-state index contributed by atoms with van der Waals surface area (Å²) in [7, 11) is 1.57. The molecule has 0 saturated carbocycles. The first-order valence-corrected chi connectivity index (χ1v) is 9.58. The Morgan fingerprint density at radius 3 is 2.97 bits per heavy atom. The molecule has 0 radical (unpaired) electrons. The maximum atomic E-state index is 12.7. The predicted octanol–water partition coefficient (Wildman–Crippen LogP) is 1.63. The summed E-state index contributed by atoms with van der Waals surface area (Å²) < 4.78 is 16.0. The SMILES string of the molecule is COc1ccccc1-c1noc(CCC(=O)N2C[C@@H]3CCOC[C@]3(C(=O)O)C2)n1. The molecule has 2 saturated heterocycles. The van der Waals surface area contributed by atoms with Crippen LogP contribution in [0.5, 0.6) is 5.75 Å². The normalized spacial score (nSPS) is 23.6. The Labute approximate surface area is 167 Å². The molecule has 0 spiro atoms. The van der Waals surface area contributed by atoms with Crippen molar-refractivity contribution in [2.24, 2.45) is 11.3 Å². The molecule has 1 N–H and O–H groups in total. The van der Waals surface area contributed by atoms with E-state index in [0.717, 1.165) is 0 Å². The van der Waals surface area contributed by atoms with E-state index in [2.05, 4.69) is 10.1 Å². The van der Waals surface area contributed by atoms with E-state index in [0.29, 0.717) is 49.0 Å². The smallest absolute Gasteiger partial charge is 0.314 e. The highest BCUT2D eigenvalue weighted by atomic mass is 16.5. The average Bonchev–Trinajstić information content (AvgIpc) is 3.37. The van der Waals surface area contributed by atoms with E-state index in [1.54, 1.807) is 12.0 Å². The maximum absolute atomic E-state index is 12.7. The van der Waals surface area contributed by atoms with Gasteiger partial charge in [0.05, 0.1) is 19.3 Å². The van der Waals surface area contributed by atoms with Crippen molar-refractivity contribution >= 4 is 11.9 Å². The molecule has 0 aliphatic carbocycles. The number of hydrogen-bond acceptors (Lipinski definition) is 7. The lowest BCUT2D eigenvalue weighted by Gasteiger charge is -2.33. The molecule has 1 amide bonds. The van der Waals surface area contributed by atoms with Crippen LogP contribution in [-0.2, 0) is 20.7 Å². The number of nitrogens with zero attached hydrogens (tertiary/aromatic N) is 3. The van der Waals surface area contributed by atoms with Crippen LogP contribution < -0.4 is 4.74 Å². The van der Waals surface area contributed by atoms with Crippen molar-refractivity contribution in [1.29, 1.82) is 0 Å². The third-order valence-electron chi connectivity index (χ3n) is 5.81. The summed E-state index contributed by atoms with van der Waals surface area (Å²) in [5, 5.41) is 13.7. The van der Waals surface area contributed by atoms with Gasteiger partial charge in [0, 0.05) is 32.5 Å². The van der Waals surface area contributed by atoms with Crippen LogP contribution in [0.2, 0.25) is 0 Å². The molecule has 2 aliphatic heterocycles. The molecular formula is C20H23N3O6. The van der Waals surface area contributed by atoms with Crippen molar-refractivity contribution in [2.75, 3.05) is 33.4 Å². The molecule has 1 aromatic heterocycles. The maximum Gasteiger partial charge on any atom is 0.314 e. The van der Waals surface area contributed by atoms with Gasteiger partial charge in [-0.3, -0.25) is 9.59 Å². The first-order chi connectivity index (χ1) is 14.0. The summed E-state index contributed by atoms with van der Waals surface area (Å²) >= 11 is 0. The average molecular weight is 401 g/mol. The number of amides is 1. The molecular weight excluding hydrogens is 378 g/mol. The standard InChI is InChI=1S/C20H23N3O6/c1-27-15-5-3-2-4-14(15)18-21-16(29-22-18)6-7-17(24)23-10-13-8-9-28-12-20(13,11-23)19(25)26/h2-5,13H,6-12H2,1H3,(H,25,26)/t13-,20+/m0/s1. The van der Waals surface area contributed by atoms with Crippen molar-refractivity contribution < 1.29 is 28.7 Å². The van der Waals surface area contributed by atoms with E-state index in [-0.39, 0.29) is 31.4 Å². The van der Waals surface area contributed by atoms with Crippen molar-refractivity contribution in [2.45, 2.75) is 19.3 Å². The van der Waals surface area contributed by atoms with Crippen LogP contribution in [0.4, 0.5) is 0 Å². The Morgan fingerprint density at radius 2 is 2.21 bits per heavy atom. The van der Waals surface area contributed by atoms with Gasteiger partial charge in [0.1, 0.15) is 11.2 Å². The van der Waals surface area contributed by atoms with Gasteiger partial charge in [-0.25, -0.2) is 0 Å². The quantitative estimate of drug-likeness (QED) is 0.777. The largest absolute Gasteiger partial charge is 0.496 e. The van der Waals surface area contributed by atoms with Gasteiger partial charge in [0.2, 0.25) is 17.6 Å². The van der Waals surface area contributed by atoms with Crippen LogP contribution in [0, 0.1) is 11.3 Å². The number of aryl methyl sites for hydroxylation is 1. The minimum absolute atomic E-state index is 0.0711. The van der Waals surface area contributed by atoms with Crippen LogP contribution in [0.25, 0.3) is 11.4 Å². The Balaban J connectivity index is 1.39. The number of aromatic nitrogens is 2. The summed E-state index contributed by atoms with van der Waals surface area (Å²) in [6, 6.07) is 7.35. The molecule has 9 nitrogen and oxygen atoms in total. The highest BCUT2D eigenvalue weighted by molar-refractivity contribution is 5.81. The zero-order valence-electron chi connectivity index (χ0n) is 16.2. The van der Waals surface area contributed by atoms with Gasteiger partial charge in [-0.05, 0) is 24.5 Å². The molecule has 1 aromatic carbocycles. The summed E-state index contributed by atoms with van der Waals surface area (Å²) in [5.74, 6) is 0.314. The van der Waals surface area contributed by atoms with Gasteiger partial charge in [-0.1, -0.05) is 17.3 Å². The lowest BCUT2D eigenvalue weighted by Crippen LogP contribution is -2.46. The molecule has 2 fully saturated rings. The molecule has 3 heterocycles. The molecule has 2 aromatic rings. The minimum Gasteiger partial charge on any atom is -0.496 e. The fraction of sp³-hybridized carbons (Fsp3) is 0.500. The van der Waals surface area contributed by atoms with E-state index in [1.807, 2.05) is 24.3 Å². The minimum atomic E-state index is -0.991. The second-order valence-electron chi connectivity index (χ2n) is 7.49. The molecule has 2 atom stereocenters. The van der Waals surface area contributed by atoms with E-state index >= 15 is 0 Å². The fourth-order valence-corrected chi connectivity index (χ4v) is 4.15. The Bertz CT molecular complexity index is 913. The zero-order chi connectivity index (χ0) is 20.4. The van der Waals surface area contributed by atoms with Crippen LogP contribution in [0.3, 0.4) is 0 Å². The summed E-state index contributed by atoms with van der Waals surface area (Å²) in [6.07, 6.45) is 1.12. The first-order valence-electron chi connectivity index (χ1n) is 9.58. The third-order valence-corrected chi connectivity index (χ3v) is 5.81. The number of rotatable bonds is 6. The Hall–Kier alpha value is -2.94. The van der Waals surface area contributed by atoms with Crippen molar-refractivity contribution in [3.8, 4) is 17.1 Å². The van der Waals surface area contributed by atoms with Gasteiger partial charge in [-0.2, -0.15) is 4.98 Å². The molecule has 4 rings (SSSR count). The number of ether oxygens (including phenoxy) is 2. The van der Waals surface area contributed by atoms with Crippen LogP contribution in [0.1, 0.15) is 18.7 Å². The number of para-hydroxylation sites is 1. The molecule has 9 heteroatoms. The molecule has 154 valence electrons. The molecule has 2 aliphatic rings. The van der Waals surface area contributed by atoms with Gasteiger partial charge < -0.3 is 24.0 Å². The summed E-state index contributed by atoms with van der Waals surface area (Å²) in [4.78, 5) is 30.5. The number of methoxy groups -OCH3 is 1. The first kappa shape index (κ1) is 19.4. The number of hydrogen-bond donors (Lipinski definition) is 1. The highest BCUT2D eigenvalue weighted by Crippen LogP contribution is 2.41.